The molecule has 0 nitrogen and oxygen atoms in total. The second-order valence-corrected chi connectivity index (χ2v) is 6.01. The molecule has 0 bridgehead atoms. The monoisotopic (exact) mass is 240 g/mol. The molecule has 2 aromatic carbocycles. The van der Waals surface area contributed by atoms with E-state index in [1.165, 1.54) is 23.5 Å². The van der Waals surface area contributed by atoms with E-state index in [2.05, 4.69) is 60.7 Å². The highest BCUT2D eigenvalue weighted by atomic mass is 31.1. The molecule has 17 heavy (non-hydrogen) atoms. The molecule has 0 saturated carbocycles. The van der Waals surface area contributed by atoms with Gasteiger partial charge in [-0.15, -0.1) is 8.58 Å². The Hall–Kier alpha value is -1.13. The van der Waals surface area contributed by atoms with Crippen LogP contribution in [0.4, 0.5) is 0 Å². The summed E-state index contributed by atoms with van der Waals surface area (Å²) in [7, 11) is 1.12. The van der Waals surface area contributed by atoms with Gasteiger partial charge in [0.1, 0.15) is 0 Å². The van der Waals surface area contributed by atoms with Gasteiger partial charge in [0.25, 0.3) is 0 Å². The van der Waals surface area contributed by atoms with E-state index in [9.17, 15) is 0 Å². The first-order valence-electron chi connectivity index (χ1n) is 6.26. The van der Waals surface area contributed by atoms with Crippen molar-refractivity contribution in [2.24, 2.45) is 0 Å². The summed E-state index contributed by atoms with van der Waals surface area (Å²) in [6, 6.07) is 22.0. The highest BCUT2D eigenvalue weighted by molar-refractivity contribution is 7.38. The van der Waals surface area contributed by atoms with Crippen LogP contribution in [0.2, 0.25) is 0 Å². The fourth-order valence-corrected chi connectivity index (χ4v) is 4.61. The van der Waals surface area contributed by atoms with Crippen LogP contribution in [0.25, 0.3) is 0 Å². The average Bonchev–Trinajstić information content (AvgIpc) is 2.90. The van der Waals surface area contributed by atoms with Crippen molar-refractivity contribution in [1.82, 2.24) is 0 Å². The molecule has 2 aromatic rings. The fourth-order valence-electron chi connectivity index (χ4n) is 2.78. The molecule has 86 valence electrons. The summed E-state index contributed by atoms with van der Waals surface area (Å²) in [6.07, 6.45) is 2.73. The third kappa shape index (κ3) is 2.28. The summed E-state index contributed by atoms with van der Waals surface area (Å²) in [4.78, 5) is 0. The maximum absolute atomic E-state index is 2.29. The molecule has 0 N–H and O–H groups in total. The fraction of sp³-hybridized carbons (Fsp3) is 0.250. The lowest BCUT2D eigenvalue weighted by molar-refractivity contribution is 0.666. The minimum absolute atomic E-state index is 0.733. The van der Waals surface area contributed by atoms with Crippen molar-refractivity contribution in [3.8, 4) is 0 Å². The highest BCUT2D eigenvalue weighted by Gasteiger charge is 2.29. The van der Waals surface area contributed by atoms with E-state index < -0.39 is 0 Å². The SMILES string of the molecule is c1ccc(C2CPCC2c2ccccc2)cc1. The quantitative estimate of drug-likeness (QED) is 0.688. The molecule has 1 aliphatic heterocycles. The number of hydrogen-bond acceptors (Lipinski definition) is 0. The summed E-state index contributed by atoms with van der Waals surface area (Å²) < 4.78 is 0. The second kappa shape index (κ2) is 5.02. The Kier molecular flexibility index (Phi) is 3.25. The normalized spacial score (nSPS) is 25.2. The summed E-state index contributed by atoms with van der Waals surface area (Å²) in [5.41, 5.74) is 3.04. The van der Waals surface area contributed by atoms with Gasteiger partial charge in [-0.25, -0.2) is 0 Å². The first-order chi connectivity index (χ1) is 8.45. The van der Waals surface area contributed by atoms with Crippen LogP contribution in [0.3, 0.4) is 0 Å². The zero-order valence-electron chi connectivity index (χ0n) is 9.84. The van der Waals surface area contributed by atoms with Crippen LogP contribution in [0.5, 0.6) is 0 Å². The number of benzene rings is 2. The summed E-state index contributed by atoms with van der Waals surface area (Å²) in [5.74, 6) is 1.47. The van der Waals surface area contributed by atoms with Gasteiger partial charge in [0, 0.05) is 0 Å². The zero-order valence-corrected chi connectivity index (χ0v) is 10.8. The topological polar surface area (TPSA) is 0 Å². The molecule has 0 spiro atoms. The first kappa shape index (κ1) is 11.0. The van der Waals surface area contributed by atoms with Gasteiger partial charge >= 0.3 is 0 Å². The lowest BCUT2D eigenvalue weighted by Crippen LogP contribution is -2.08. The lowest BCUT2D eigenvalue weighted by atomic mass is 9.84. The van der Waals surface area contributed by atoms with Crippen molar-refractivity contribution < 1.29 is 0 Å². The standard InChI is InChI=1S/C16H17P/c1-3-7-13(8-4-1)15-11-17-12-16(15)14-9-5-2-6-10-14/h1-10,15-17H,11-12H2. The molecular formula is C16H17P. The Morgan fingerprint density at radius 1 is 0.647 bits per heavy atom. The van der Waals surface area contributed by atoms with Crippen molar-refractivity contribution in [2.45, 2.75) is 11.8 Å². The van der Waals surface area contributed by atoms with E-state index in [1.54, 1.807) is 0 Å². The summed E-state index contributed by atoms with van der Waals surface area (Å²) >= 11 is 0. The third-order valence-electron chi connectivity index (χ3n) is 3.67. The molecule has 1 saturated heterocycles. The predicted octanol–water partition coefficient (Wildman–Crippen LogP) is 4.25. The zero-order chi connectivity index (χ0) is 11.5. The molecule has 2 atom stereocenters. The van der Waals surface area contributed by atoms with E-state index in [0.717, 1.165) is 20.4 Å². The van der Waals surface area contributed by atoms with Crippen LogP contribution >= 0.6 is 8.58 Å². The van der Waals surface area contributed by atoms with Gasteiger partial charge in [-0.3, -0.25) is 0 Å². The Labute approximate surface area is 105 Å². The first-order valence-corrected chi connectivity index (χ1v) is 7.67. The minimum atomic E-state index is 0.733. The van der Waals surface area contributed by atoms with Gasteiger partial charge in [0.15, 0.2) is 0 Å². The molecule has 1 aliphatic rings. The molecule has 0 aromatic heterocycles. The highest BCUT2D eigenvalue weighted by Crippen LogP contribution is 2.46. The third-order valence-corrected chi connectivity index (χ3v) is 5.13. The van der Waals surface area contributed by atoms with Crippen molar-refractivity contribution in [3.63, 3.8) is 0 Å². The van der Waals surface area contributed by atoms with Crippen molar-refractivity contribution in [2.75, 3.05) is 12.3 Å². The molecule has 3 rings (SSSR count). The minimum Gasteiger partial charge on any atom is -0.121 e. The molecule has 0 radical (unpaired) electrons. The van der Waals surface area contributed by atoms with Crippen LogP contribution in [0, 0.1) is 0 Å². The maximum Gasteiger partial charge on any atom is -0.00528 e. The predicted molar refractivity (Wildman–Crippen MR) is 76.4 cm³/mol. The molecule has 0 amide bonds. The van der Waals surface area contributed by atoms with Gasteiger partial charge < -0.3 is 0 Å². The van der Waals surface area contributed by atoms with E-state index in [1.807, 2.05) is 0 Å². The Morgan fingerprint density at radius 3 is 1.47 bits per heavy atom. The average molecular weight is 240 g/mol. The van der Waals surface area contributed by atoms with E-state index >= 15 is 0 Å². The molecule has 1 heteroatoms. The lowest BCUT2D eigenvalue weighted by Gasteiger charge is -2.20. The van der Waals surface area contributed by atoms with Crippen molar-refractivity contribution >= 4 is 8.58 Å². The number of hydrogen-bond donors (Lipinski definition) is 0. The maximum atomic E-state index is 2.29. The Balaban J connectivity index is 1.91. The Morgan fingerprint density at radius 2 is 1.06 bits per heavy atom. The summed E-state index contributed by atoms with van der Waals surface area (Å²) in [5, 5.41) is 0. The molecule has 2 unspecified atom stereocenters. The van der Waals surface area contributed by atoms with Crippen molar-refractivity contribution in [3.05, 3.63) is 71.8 Å². The van der Waals surface area contributed by atoms with Crippen LogP contribution in [0.1, 0.15) is 23.0 Å². The van der Waals surface area contributed by atoms with E-state index in [4.69, 9.17) is 0 Å². The summed E-state index contributed by atoms with van der Waals surface area (Å²) in [6.45, 7) is 0. The largest absolute Gasteiger partial charge is 0.121 e. The van der Waals surface area contributed by atoms with Gasteiger partial charge in [0.2, 0.25) is 0 Å². The number of rotatable bonds is 2. The van der Waals surface area contributed by atoms with E-state index in [-0.39, 0.29) is 0 Å². The van der Waals surface area contributed by atoms with Crippen LogP contribution < -0.4 is 0 Å². The van der Waals surface area contributed by atoms with Gasteiger partial charge in [-0.05, 0) is 35.3 Å². The van der Waals surface area contributed by atoms with Gasteiger partial charge in [0.05, 0.1) is 0 Å². The molecular weight excluding hydrogens is 223 g/mol. The van der Waals surface area contributed by atoms with Crippen LogP contribution in [0.15, 0.2) is 60.7 Å². The van der Waals surface area contributed by atoms with Crippen molar-refractivity contribution in [1.29, 1.82) is 0 Å². The van der Waals surface area contributed by atoms with Crippen LogP contribution in [-0.2, 0) is 0 Å². The molecule has 1 fully saturated rings. The molecule has 1 heterocycles. The Bertz CT molecular complexity index is 418. The molecule has 0 aliphatic carbocycles. The second-order valence-electron chi connectivity index (χ2n) is 4.69. The smallest absolute Gasteiger partial charge is 0.00528 e. The van der Waals surface area contributed by atoms with Gasteiger partial charge in [-0.2, -0.15) is 0 Å². The van der Waals surface area contributed by atoms with Crippen LogP contribution in [-0.4, -0.2) is 12.3 Å². The van der Waals surface area contributed by atoms with Gasteiger partial charge in [-0.1, -0.05) is 60.7 Å². The van der Waals surface area contributed by atoms with E-state index in [0.29, 0.717) is 0 Å².